The molecule has 7 heteroatoms. The van der Waals surface area contributed by atoms with E-state index in [1.807, 2.05) is 97.1 Å². The Hall–Kier alpha value is -7.51. The maximum atomic E-state index is 13.2. The summed E-state index contributed by atoms with van der Waals surface area (Å²) in [5, 5.41) is 1.36. The molecule has 0 radical (unpaired) electrons. The molecule has 0 aliphatic carbocycles. The third kappa shape index (κ3) is 4.52. The van der Waals surface area contributed by atoms with Crippen molar-refractivity contribution in [1.82, 2.24) is 14.5 Å². The van der Waals surface area contributed by atoms with Crippen LogP contribution in [-0.2, 0) is 0 Å². The number of fused-ring (bicyclic) bond motifs is 6. The number of hydrogen-bond acceptors (Lipinski definition) is 6. The number of rotatable bonds is 4. The van der Waals surface area contributed by atoms with Gasteiger partial charge in [-0.1, -0.05) is 67.2 Å². The maximum absolute atomic E-state index is 13.2. The van der Waals surface area contributed by atoms with Gasteiger partial charge in [0, 0.05) is 56.5 Å². The summed E-state index contributed by atoms with van der Waals surface area (Å²) < 4.78 is 14.7. The first-order valence-electron chi connectivity index (χ1n) is 17.7. The molecule has 0 amide bonds. The van der Waals surface area contributed by atoms with Crippen LogP contribution in [0, 0.1) is 0 Å². The summed E-state index contributed by atoms with van der Waals surface area (Å²) in [6, 6.07) is 52.2. The number of benzene rings is 7. The van der Waals surface area contributed by atoms with Gasteiger partial charge in [-0.05, 0) is 90.5 Å². The summed E-state index contributed by atoms with van der Waals surface area (Å²) in [4.78, 5) is 25.2. The molecule has 1 aliphatic heterocycles. The summed E-state index contributed by atoms with van der Waals surface area (Å²) in [5.41, 5.74) is 13.5. The zero-order valence-electron chi connectivity index (χ0n) is 28.7. The molecule has 0 saturated carbocycles. The van der Waals surface area contributed by atoms with E-state index in [-0.39, 0.29) is 5.43 Å². The smallest absolute Gasteiger partial charge is 0.227 e. The van der Waals surface area contributed by atoms with Crippen LogP contribution in [0.2, 0.25) is 0 Å². The average Bonchev–Trinajstić information content (AvgIpc) is 3.84. The van der Waals surface area contributed by atoms with Gasteiger partial charge in [0.25, 0.3) is 0 Å². The standard InChI is InChI=1S/C47H28N4O3/c1-28-33-10-2-6-14-39(33)50(40-15-7-3-11-34(28)40)31-22-18-29(19-23-31)46-48-37-26-44-38(27-43(37)53-46)49-47(54-44)30-20-24-32(25-21-30)51-41-16-8-4-12-35(41)45(52)36-13-5-9-17-42(36)51/h2-27H,1H2. The highest BCUT2D eigenvalue weighted by molar-refractivity contribution is 6.00. The second-order valence-corrected chi connectivity index (χ2v) is 13.5. The molecule has 254 valence electrons. The molecule has 0 bridgehead atoms. The summed E-state index contributed by atoms with van der Waals surface area (Å²) in [5.74, 6) is 1.02. The fraction of sp³-hybridized carbons (Fsp3) is 0. The second kappa shape index (κ2) is 11.5. The molecule has 1 aliphatic rings. The lowest BCUT2D eigenvalue weighted by Gasteiger charge is -2.34. The zero-order valence-corrected chi connectivity index (χ0v) is 28.7. The van der Waals surface area contributed by atoms with Crippen molar-refractivity contribution in [3.63, 3.8) is 0 Å². The Morgan fingerprint density at radius 2 is 0.944 bits per heavy atom. The molecule has 10 aromatic rings. The fourth-order valence-corrected chi connectivity index (χ4v) is 7.78. The highest BCUT2D eigenvalue weighted by atomic mass is 16.4. The van der Waals surface area contributed by atoms with Crippen molar-refractivity contribution in [2.75, 3.05) is 4.90 Å². The Labute approximate surface area is 308 Å². The van der Waals surface area contributed by atoms with Gasteiger partial charge in [-0.15, -0.1) is 0 Å². The molecule has 0 saturated heterocycles. The van der Waals surface area contributed by atoms with Gasteiger partial charge in [0.2, 0.25) is 11.8 Å². The molecular formula is C47H28N4O3. The Bertz CT molecular complexity index is 3050. The SMILES string of the molecule is C=C1c2ccccc2N(c2ccc(-c3nc4cc5oc(-c6ccc(-n7c8ccccc8c(=O)c8ccccc87)cc6)nc5cc4o3)cc2)c2ccccc21. The van der Waals surface area contributed by atoms with Gasteiger partial charge in [-0.2, -0.15) is 0 Å². The van der Waals surface area contributed by atoms with Crippen molar-refractivity contribution >= 4 is 66.6 Å². The van der Waals surface area contributed by atoms with E-state index in [9.17, 15) is 4.79 Å². The van der Waals surface area contributed by atoms with Gasteiger partial charge in [0.05, 0.1) is 22.4 Å². The van der Waals surface area contributed by atoms with Crippen molar-refractivity contribution in [3.8, 4) is 28.6 Å². The lowest BCUT2D eigenvalue weighted by atomic mass is 9.91. The number of para-hydroxylation sites is 4. The van der Waals surface area contributed by atoms with E-state index in [0.29, 0.717) is 44.8 Å². The fourth-order valence-electron chi connectivity index (χ4n) is 7.78. The maximum Gasteiger partial charge on any atom is 0.227 e. The summed E-state index contributed by atoms with van der Waals surface area (Å²) in [7, 11) is 0. The highest BCUT2D eigenvalue weighted by Crippen LogP contribution is 2.48. The van der Waals surface area contributed by atoms with Gasteiger partial charge in [0.15, 0.2) is 16.6 Å². The van der Waals surface area contributed by atoms with E-state index in [2.05, 4.69) is 76.7 Å². The van der Waals surface area contributed by atoms with E-state index in [0.717, 1.165) is 61.6 Å². The van der Waals surface area contributed by atoms with Gasteiger partial charge < -0.3 is 18.3 Å². The Balaban J connectivity index is 0.908. The van der Waals surface area contributed by atoms with Gasteiger partial charge in [-0.3, -0.25) is 4.79 Å². The van der Waals surface area contributed by atoms with Gasteiger partial charge >= 0.3 is 0 Å². The molecule has 11 rings (SSSR count). The molecule has 0 N–H and O–H groups in total. The summed E-state index contributed by atoms with van der Waals surface area (Å²) in [6.07, 6.45) is 0. The van der Waals surface area contributed by atoms with Crippen LogP contribution in [0.1, 0.15) is 11.1 Å². The molecule has 0 fully saturated rings. The van der Waals surface area contributed by atoms with Crippen molar-refractivity contribution in [2.45, 2.75) is 0 Å². The van der Waals surface area contributed by atoms with Crippen LogP contribution in [0.4, 0.5) is 17.1 Å². The minimum atomic E-state index is 0.0313. The molecule has 54 heavy (non-hydrogen) atoms. The number of anilines is 3. The van der Waals surface area contributed by atoms with E-state index < -0.39 is 0 Å². The molecule has 4 heterocycles. The van der Waals surface area contributed by atoms with Gasteiger partial charge in [0.1, 0.15) is 11.0 Å². The van der Waals surface area contributed by atoms with Gasteiger partial charge in [-0.25, -0.2) is 9.97 Å². The lowest BCUT2D eigenvalue weighted by Crippen LogP contribution is -2.17. The lowest BCUT2D eigenvalue weighted by molar-refractivity contribution is 0.618. The Kier molecular flexibility index (Phi) is 6.42. The molecular weight excluding hydrogens is 669 g/mol. The highest BCUT2D eigenvalue weighted by Gasteiger charge is 2.26. The van der Waals surface area contributed by atoms with Crippen molar-refractivity contribution in [1.29, 1.82) is 0 Å². The Morgan fingerprint density at radius 1 is 0.500 bits per heavy atom. The Morgan fingerprint density at radius 3 is 1.46 bits per heavy atom. The van der Waals surface area contributed by atoms with Crippen LogP contribution >= 0.6 is 0 Å². The van der Waals surface area contributed by atoms with Crippen molar-refractivity contribution in [2.24, 2.45) is 0 Å². The number of pyridine rings is 1. The summed E-state index contributed by atoms with van der Waals surface area (Å²) >= 11 is 0. The first kappa shape index (κ1) is 30.1. The molecule has 3 aromatic heterocycles. The monoisotopic (exact) mass is 696 g/mol. The zero-order chi connectivity index (χ0) is 35.9. The van der Waals surface area contributed by atoms with E-state index in [4.69, 9.17) is 18.8 Å². The normalized spacial score (nSPS) is 12.5. The largest absolute Gasteiger partial charge is 0.436 e. The number of nitrogens with zero attached hydrogens (tertiary/aromatic N) is 4. The van der Waals surface area contributed by atoms with E-state index in [1.54, 1.807) is 0 Å². The van der Waals surface area contributed by atoms with E-state index in [1.165, 1.54) is 0 Å². The van der Waals surface area contributed by atoms with Crippen molar-refractivity contribution < 1.29 is 8.83 Å². The van der Waals surface area contributed by atoms with Crippen LogP contribution in [0.15, 0.2) is 178 Å². The first-order valence-corrected chi connectivity index (χ1v) is 17.7. The summed E-state index contributed by atoms with van der Waals surface area (Å²) in [6.45, 7) is 4.40. The number of oxazole rings is 2. The average molecular weight is 697 g/mol. The van der Waals surface area contributed by atoms with Crippen LogP contribution in [0.5, 0.6) is 0 Å². The quantitative estimate of drug-likeness (QED) is 0.170. The predicted molar refractivity (Wildman–Crippen MR) is 216 cm³/mol. The number of hydrogen-bond donors (Lipinski definition) is 0. The second-order valence-electron chi connectivity index (χ2n) is 13.5. The van der Waals surface area contributed by atoms with Crippen LogP contribution in [0.25, 0.3) is 78.2 Å². The molecule has 7 nitrogen and oxygen atoms in total. The minimum Gasteiger partial charge on any atom is -0.436 e. The molecule has 7 aromatic carbocycles. The van der Waals surface area contributed by atoms with Crippen LogP contribution < -0.4 is 10.3 Å². The first-order chi connectivity index (χ1) is 26.6. The van der Waals surface area contributed by atoms with Crippen molar-refractivity contribution in [3.05, 3.63) is 186 Å². The van der Waals surface area contributed by atoms with E-state index >= 15 is 0 Å². The third-order valence-electron chi connectivity index (χ3n) is 10.4. The predicted octanol–water partition coefficient (Wildman–Crippen LogP) is 11.6. The molecule has 0 unspecified atom stereocenters. The number of aromatic nitrogens is 3. The topological polar surface area (TPSA) is 77.3 Å². The minimum absolute atomic E-state index is 0.0313. The molecule has 0 atom stereocenters. The molecule has 0 spiro atoms. The van der Waals surface area contributed by atoms with Crippen LogP contribution in [0.3, 0.4) is 0 Å². The van der Waals surface area contributed by atoms with Crippen LogP contribution in [-0.4, -0.2) is 14.5 Å². The third-order valence-corrected chi connectivity index (χ3v) is 10.4.